The smallest absolute Gasteiger partial charge is 0.241 e. The summed E-state index contributed by atoms with van der Waals surface area (Å²) in [6, 6.07) is 7.91. The van der Waals surface area contributed by atoms with Crippen molar-refractivity contribution in [2.45, 2.75) is 60.0 Å². The fourth-order valence-electron chi connectivity index (χ4n) is 10.3. The van der Waals surface area contributed by atoms with Gasteiger partial charge in [0.25, 0.3) is 0 Å². The zero-order chi connectivity index (χ0) is 28.7. The number of hydrogen-bond donors (Lipinski definition) is 0. The Kier molecular flexibility index (Phi) is 6.22. The molecule has 3 fully saturated rings. The molecule has 1 aromatic rings. The lowest BCUT2D eigenvalue weighted by atomic mass is 9.53. The van der Waals surface area contributed by atoms with Crippen LogP contribution in [-0.2, 0) is 20.8 Å². The van der Waals surface area contributed by atoms with Crippen molar-refractivity contribution in [3.05, 3.63) is 54.1 Å². The number of terminal acetylenes is 1. The number of Topliss-reactive ketones (excluding diaryl/α,β-unsaturated/α-hetero) is 1. The number of imide groups is 1. The molecule has 11 atom stereocenters. The van der Waals surface area contributed by atoms with Gasteiger partial charge in [0.05, 0.1) is 12.5 Å². The topological polar surface area (TPSA) is 63.7 Å². The van der Waals surface area contributed by atoms with E-state index in [9.17, 15) is 9.59 Å². The molecule has 5 heteroatoms. The molecule has 0 radical (unpaired) electrons. The Hall–Kier alpha value is -3.13. The van der Waals surface area contributed by atoms with Crippen molar-refractivity contribution in [1.82, 2.24) is 4.90 Å². The van der Waals surface area contributed by atoms with E-state index in [-0.39, 0.29) is 47.5 Å². The molecule has 5 nitrogen and oxygen atoms in total. The third-order valence-electron chi connectivity index (χ3n) is 11.3. The summed E-state index contributed by atoms with van der Waals surface area (Å²) in [6.07, 6.45) is 12.0. The number of rotatable bonds is 2. The number of hydrogen-bond acceptors (Lipinski definition) is 4. The van der Waals surface area contributed by atoms with Crippen molar-refractivity contribution in [2.24, 2.45) is 58.2 Å². The van der Waals surface area contributed by atoms with Gasteiger partial charge in [0.2, 0.25) is 11.8 Å². The van der Waals surface area contributed by atoms with Crippen molar-refractivity contribution in [2.75, 3.05) is 6.54 Å². The van der Waals surface area contributed by atoms with Gasteiger partial charge in [-0.1, -0.05) is 63.5 Å². The molecular formula is C35H41NO4. The molecule has 0 spiro atoms. The summed E-state index contributed by atoms with van der Waals surface area (Å²) in [5, 5.41) is 0. The van der Waals surface area contributed by atoms with E-state index >= 15 is 4.79 Å². The Labute approximate surface area is 238 Å². The first-order valence-corrected chi connectivity index (χ1v) is 14.9. The number of ketones is 1. The third-order valence-corrected chi connectivity index (χ3v) is 11.3. The van der Waals surface area contributed by atoms with Gasteiger partial charge >= 0.3 is 0 Å². The first kappa shape index (κ1) is 27.1. The highest BCUT2D eigenvalue weighted by molar-refractivity contribution is 6.16. The van der Waals surface area contributed by atoms with Crippen molar-refractivity contribution in [3.63, 3.8) is 0 Å². The molecule has 1 saturated heterocycles. The van der Waals surface area contributed by atoms with Crippen LogP contribution in [0.15, 0.2) is 48.6 Å². The Morgan fingerprint density at radius 1 is 1.12 bits per heavy atom. The van der Waals surface area contributed by atoms with Crippen LogP contribution in [-0.4, -0.2) is 35.1 Å². The van der Waals surface area contributed by atoms with Crippen molar-refractivity contribution in [1.29, 1.82) is 0 Å². The molecular weight excluding hydrogens is 498 g/mol. The monoisotopic (exact) mass is 539 g/mol. The van der Waals surface area contributed by atoms with Crippen LogP contribution in [0.25, 0.3) is 0 Å². The predicted octanol–water partition coefficient (Wildman–Crippen LogP) is 5.50. The summed E-state index contributed by atoms with van der Waals surface area (Å²) in [7, 11) is 0. The summed E-state index contributed by atoms with van der Waals surface area (Å²) in [4.78, 5) is 43.6. The van der Waals surface area contributed by atoms with Gasteiger partial charge in [0.15, 0.2) is 5.78 Å². The summed E-state index contributed by atoms with van der Waals surface area (Å²) < 4.78 is 6.99. The minimum Gasteiger partial charge on any atom is -0.490 e. The van der Waals surface area contributed by atoms with Gasteiger partial charge in [-0.3, -0.25) is 19.3 Å². The van der Waals surface area contributed by atoms with Crippen molar-refractivity contribution >= 4 is 17.6 Å². The quantitative estimate of drug-likeness (QED) is 0.216. The van der Waals surface area contributed by atoms with E-state index in [0.29, 0.717) is 18.3 Å². The molecule has 0 N–H and O–H groups in total. The Morgan fingerprint density at radius 2 is 1.82 bits per heavy atom. The van der Waals surface area contributed by atoms with Crippen LogP contribution in [0.4, 0.5) is 0 Å². The SMILES string of the molecule is C#CCN1C(=O)C2Cc3ccc(cc3)OC3C4C(C(=O)C2C1=O)C(C)(C=C)C=C(C)C4C1(C)CC(C)CC(C)C31. The molecule has 210 valence electrons. The second-order valence-corrected chi connectivity index (χ2v) is 13.9. The zero-order valence-electron chi connectivity index (χ0n) is 24.4. The van der Waals surface area contributed by atoms with Crippen LogP contribution < -0.4 is 4.74 Å². The lowest BCUT2D eigenvalue weighted by molar-refractivity contribution is -0.143. The first-order chi connectivity index (χ1) is 18.9. The number of carbonyl (C=O) groups excluding carboxylic acids is 3. The molecule has 2 saturated carbocycles. The number of carbonyl (C=O) groups is 3. The average Bonchev–Trinajstić information content (AvgIpc) is 3.27. The van der Waals surface area contributed by atoms with Gasteiger partial charge in [0, 0.05) is 23.2 Å². The van der Waals surface area contributed by atoms with E-state index in [2.05, 4.69) is 53.2 Å². The minimum atomic E-state index is -1.07. The van der Waals surface area contributed by atoms with Gasteiger partial charge in [-0.25, -0.2) is 0 Å². The number of allylic oxidation sites excluding steroid dienone is 3. The van der Waals surface area contributed by atoms with Crippen LogP contribution in [0.5, 0.6) is 5.75 Å². The number of amides is 2. The molecule has 2 bridgehead atoms. The van der Waals surface area contributed by atoms with Crippen LogP contribution in [0.2, 0.25) is 0 Å². The Bertz CT molecular complexity index is 1350. The summed E-state index contributed by atoms with van der Waals surface area (Å²) in [5.74, 6) is 1.14. The molecule has 6 aliphatic rings. The fourth-order valence-corrected chi connectivity index (χ4v) is 10.3. The average molecular weight is 540 g/mol. The lowest BCUT2D eigenvalue weighted by Crippen LogP contribution is -2.51. The number of fused-ring (bicyclic) bond motifs is 4. The summed E-state index contributed by atoms with van der Waals surface area (Å²) >= 11 is 0. The van der Waals surface area contributed by atoms with Crippen molar-refractivity contribution in [3.8, 4) is 18.1 Å². The van der Waals surface area contributed by atoms with Gasteiger partial charge < -0.3 is 4.74 Å². The summed E-state index contributed by atoms with van der Waals surface area (Å²) in [6.45, 7) is 15.4. The van der Waals surface area contributed by atoms with Crippen LogP contribution >= 0.6 is 0 Å². The molecule has 3 heterocycles. The molecule has 7 rings (SSSR count). The molecule has 40 heavy (non-hydrogen) atoms. The van der Waals surface area contributed by atoms with Gasteiger partial charge in [-0.15, -0.1) is 13.0 Å². The van der Waals surface area contributed by atoms with Gasteiger partial charge in [-0.2, -0.15) is 0 Å². The number of nitrogens with zero attached hydrogens (tertiary/aromatic N) is 1. The zero-order valence-corrected chi connectivity index (χ0v) is 24.4. The molecule has 11 unspecified atom stereocenters. The van der Waals surface area contributed by atoms with E-state index in [1.165, 1.54) is 5.57 Å². The lowest BCUT2D eigenvalue weighted by Gasteiger charge is -2.50. The predicted molar refractivity (Wildman–Crippen MR) is 154 cm³/mol. The van der Waals surface area contributed by atoms with Gasteiger partial charge in [-0.05, 0) is 67.1 Å². The van der Waals surface area contributed by atoms with E-state index in [1.807, 2.05) is 30.3 Å². The normalized spacial score (nSPS) is 43.9. The van der Waals surface area contributed by atoms with E-state index < -0.39 is 29.1 Å². The molecule has 2 amide bonds. The Morgan fingerprint density at radius 3 is 2.48 bits per heavy atom. The number of likely N-dealkylation sites (tertiary alicyclic amines) is 1. The third kappa shape index (κ3) is 3.64. The number of ether oxygens (including phenoxy) is 1. The van der Waals surface area contributed by atoms with E-state index in [0.717, 1.165) is 29.1 Å². The maximum absolute atomic E-state index is 15.0. The minimum absolute atomic E-state index is 0.0570. The molecule has 3 aliphatic heterocycles. The largest absolute Gasteiger partial charge is 0.490 e. The van der Waals surface area contributed by atoms with E-state index in [4.69, 9.17) is 11.2 Å². The van der Waals surface area contributed by atoms with E-state index in [1.54, 1.807) is 0 Å². The van der Waals surface area contributed by atoms with Crippen LogP contribution in [0, 0.1) is 70.5 Å². The number of benzene rings is 1. The second-order valence-electron chi connectivity index (χ2n) is 13.9. The molecule has 0 aromatic heterocycles. The van der Waals surface area contributed by atoms with Gasteiger partial charge in [0.1, 0.15) is 17.8 Å². The highest BCUT2D eigenvalue weighted by Gasteiger charge is 2.69. The fraction of sp³-hybridized carbons (Fsp3) is 0.571. The highest BCUT2D eigenvalue weighted by Crippen LogP contribution is 2.68. The summed E-state index contributed by atoms with van der Waals surface area (Å²) in [5.41, 5.74) is 1.44. The standard InChI is InChI=1S/C35H41NO4/c1-8-14-36-32(38)24-16-22-10-12-23(13-11-22)40-31-26-27(35(7)17-19(3)15-20(4)28(31)35)21(5)18-34(6,9-2)29(26)30(37)25(24)33(36)39/h1,9-13,18-20,24-29,31H,2,14-17H2,3-7H3. The van der Waals surface area contributed by atoms with Crippen LogP contribution in [0.3, 0.4) is 0 Å². The maximum Gasteiger partial charge on any atom is 0.241 e. The maximum atomic E-state index is 15.0. The van der Waals surface area contributed by atoms with Crippen molar-refractivity contribution < 1.29 is 19.1 Å². The Balaban J connectivity index is 1.60. The second kappa shape index (κ2) is 9.20. The molecule has 1 aromatic carbocycles. The molecule has 3 aliphatic carbocycles. The van der Waals surface area contributed by atoms with Crippen LogP contribution in [0.1, 0.15) is 53.0 Å². The highest BCUT2D eigenvalue weighted by atomic mass is 16.5. The first-order valence-electron chi connectivity index (χ1n) is 14.9.